The first-order valence-electron chi connectivity index (χ1n) is 12.1. The molecule has 1 amide bonds. The van der Waals surface area contributed by atoms with Gasteiger partial charge in [0.1, 0.15) is 11.3 Å². The molecule has 4 N–H and O–H groups in total. The minimum atomic E-state index is -4.83. The number of nitrogens with one attached hydrogen (secondary N) is 1. The second-order valence-corrected chi connectivity index (χ2v) is 9.60. The van der Waals surface area contributed by atoms with Crippen LogP contribution in [0.4, 0.5) is 18.9 Å². The minimum Gasteiger partial charge on any atom is -0.406 e. The molecule has 11 heteroatoms. The van der Waals surface area contributed by atoms with Gasteiger partial charge in [0.15, 0.2) is 5.65 Å². The molecule has 1 aromatic carbocycles. The molecule has 1 saturated heterocycles. The quantitative estimate of drug-likeness (QED) is 0.452. The second-order valence-electron chi connectivity index (χ2n) is 9.60. The molecule has 2 aromatic heterocycles. The van der Waals surface area contributed by atoms with Crippen molar-refractivity contribution < 1.29 is 27.8 Å². The third kappa shape index (κ3) is 5.11. The third-order valence-corrected chi connectivity index (χ3v) is 7.25. The normalized spacial score (nSPS) is 21.6. The van der Waals surface area contributed by atoms with Crippen LogP contribution in [-0.2, 0) is 0 Å². The van der Waals surface area contributed by atoms with E-state index in [4.69, 9.17) is 10.7 Å². The number of aromatic nitrogens is 3. The van der Waals surface area contributed by atoms with Gasteiger partial charge in [0.25, 0.3) is 5.91 Å². The van der Waals surface area contributed by atoms with E-state index in [9.17, 15) is 23.1 Å². The summed E-state index contributed by atoms with van der Waals surface area (Å²) in [5, 5.41) is 9.81. The molecule has 0 radical (unpaired) electrons. The van der Waals surface area contributed by atoms with Gasteiger partial charge in [-0.1, -0.05) is 0 Å². The molecule has 3 heterocycles. The Labute approximate surface area is 205 Å². The number of amides is 1. The van der Waals surface area contributed by atoms with E-state index in [1.54, 1.807) is 4.90 Å². The molecule has 36 heavy (non-hydrogen) atoms. The number of aliphatic hydroxyl groups excluding tert-OH is 1. The third-order valence-electron chi connectivity index (χ3n) is 7.25. The molecule has 1 aliphatic heterocycles. The van der Waals surface area contributed by atoms with Gasteiger partial charge in [-0.15, -0.1) is 13.2 Å². The Morgan fingerprint density at radius 2 is 1.83 bits per heavy atom. The van der Waals surface area contributed by atoms with Crippen molar-refractivity contribution in [2.75, 3.05) is 18.8 Å². The number of alkyl halides is 3. The Morgan fingerprint density at radius 3 is 2.50 bits per heavy atom. The van der Waals surface area contributed by atoms with Crippen LogP contribution >= 0.6 is 0 Å². The van der Waals surface area contributed by atoms with Crippen LogP contribution in [-0.4, -0.2) is 56.4 Å². The lowest BCUT2D eigenvalue weighted by molar-refractivity contribution is -0.274. The van der Waals surface area contributed by atoms with Crippen LogP contribution in [0.3, 0.4) is 0 Å². The Morgan fingerprint density at radius 1 is 1.11 bits per heavy atom. The maximum atomic E-state index is 13.0. The summed E-state index contributed by atoms with van der Waals surface area (Å²) in [5.41, 5.74) is 9.59. The van der Waals surface area contributed by atoms with Crippen LogP contribution in [0.1, 0.15) is 72.0 Å². The summed E-state index contributed by atoms with van der Waals surface area (Å²) in [6.07, 6.45) is 3.49. The van der Waals surface area contributed by atoms with Gasteiger partial charge in [-0.25, -0.2) is 9.97 Å². The number of nitrogens with zero attached hydrogens (tertiary/aromatic N) is 3. The van der Waals surface area contributed by atoms with Crippen molar-refractivity contribution in [3.8, 4) is 5.75 Å². The lowest BCUT2D eigenvalue weighted by atomic mass is 9.85. The highest BCUT2D eigenvalue weighted by Gasteiger charge is 2.32. The number of H-pyrrole nitrogens is 1. The van der Waals surface area contributed by atoms with Crippen molar-refractivity contribution in [2.45, 2.75) is 62.8 Å². The van der Waals surface area contributed by atoms with Crippen molar-refractivity contribution in [2.24, 2.45) is 0 Å². The maximum absolute atomic E-state index is 13.0. The highest BCUT2D eigenvalue weighted by molar-refractivity contribution is 5.99. The average Bonchev–Trinajstić information content (AvgIpc) is 3.27. The molecular weight excluding hydrogens is 475 g/mol. The zero-order valence-electron chi connectivity index (χ0n) is 19.6. The van der Waals surface area contributed by atoms with E-state index in [0.29, 0.717) is 19.0 Å². The van der Waals surface area contributed by atoms with E-state index in [0.717, 1.165) is 73.1 Å². The topological polar surface area (TPSA) is 117 Å². The number of aromatic amines is 1. The van der Waals surface area contributed by atoms with Gasteiger partial charge in [-0.3, -0.25) is 4.79 Å². The van der Waals surface area contributed by atoms with Gasteiger partial charge in [-0.05, 0) is 56.6 Å². The Hall–Kier alpha value is -3.34. The van der Waals surface area contributed by atoms with Crippen LogP contribution in [0.2, 0.25) is 0 Å². The number of rotatable bonds is 4. The van der Waals surface area contributed by atoms with Crippen molar-refractivity contribution in [3.63, 3.8) is 0 Å². The van der Waals surface area contributed by atoms with Crippen molar-refractivity contribution in [1.29, 1.82) is 0 Å². The molecule has 0 bridgehead atoms. The number of ether oxygens (including phenoxy) is 1. The monoisotopic (exact) mass is 503 g/mol. The number of piperidine rings is 1. The summed E-state index contributed by atoms with van der Waals surface area (Å²) in [6.45, 7) is 0.980. The first kappa shape index (κ1) is 24.4. The van der Waals surface area contributed by atoms with Crippen LogP contribution in [0.15, 0.2) is 30.6 Å². The fourth-order valence-corrected chi connectivity index (χ4v) is 5.30. The van der Waals surface area contributed by atoms with Crippen molar-refractivity contribution in [1.82, 2.24) is 19.9 Å². The Kier molecular flexibility index (Phi) is 6.50. The SMILES string of the molecule is Nc1cc(OC(F)(F)F)ccc1C(=O)N1CCC(c2c[nH]c3ncc(C4CCC(O)CC4)nc23)CC1. The van der Waals surface area contributed by atoms with Crippen molar-refractivity contribution in [3.05, 3.63) is 47.4 Å². The van der Waals surface area contributed by atoms with Gasteiger partial charge in [0.05, 0.1) is 23.6 Å². The van der Waals surface area contributed by atoms with Crippen LogP contribution in [0.5, 0.6) is 5.75 Å². The number of carbonyl (C=O) groups excluding carboxylic acids is 1. The summed E-state index contributed by atoms with van der Waals surface area (Å²) in [5.74, 6) is -0.282. The van der Waals surface area contributed by atoms with Gasteiger partial charge in [-0.2, -0.15) is 0 Å². The number of hydrogen-bond acceptors (Lipinski definition) is 6. The Bertz CT molecular complexity index is 1250. The summed E-state index contributed by atoms with van der Waals surface area (Å²) in [7, 11) is 0. The lowest BCUT2D eigenvalue weighted by Gasteiger charge is -2.32. The van der Waals surface area contributed by atoms with Gasteiger partial charge >= 0.3 is 6.36 Å². The maximum Gasteiger partial charge on any atom is 0.573 e. The number of benzene rings is 1. The van der Waals surface area contributed by atoms with E-state index in [1.807, 2.05) is 12.4 Å². The van der Waals surface area contributed by atoms with Crippen LogP contribution in [0, 0.1) is 0 Å². The van der Waals surface area contributed by atoms with Crippen molar-refractivity contribution >= 4 is 22.8 Å². The molecule has 0 spiro atoms. The molecule has 1 aliphatic carbocycles. The summed E-state index contributed by atoms with van der Waals surface area (Å²) < 4.78 is 41.2. The van der Waals surface area contributed by atoms with Gasteiger partial charge < -0.3 is 25.5 Å². The van der Waals surface area contributed by atoms with E-state index >= 15 is 0 Å². The molecule has 0 atom stereocenters. The van der Waals surface area contributed by atoms with E-state index in [-0.39, 0.29) is 29.2 Å². The number of anilines is 1. The number of likely N-dealkylation sites (tertiary alicyclic amines) is 1. The van der Waals surface area contributed by atoms with Crippen LogP contribution < -0.4 is 10.5 Å². The highest BCUT2D eigenvalue weighted by atomic mass is 19.4. The predicted molar refractivity (Wildman–Crippen MR) is 127 cm³/mol. The molecule has 5 rings (SSSR count). The predicted octanol–water partition coefficient (Wildman–Crippen LogP) is 4.48. The molecule has 3 aromatic rings. The summed E-state index contributed by atoms with van der Waals surface area (Å²) >= 11 is 0. The number of halogens is 3. The minimum absolute atomic E-state index is 0.0569. The first-order valence-corrected chi connectivity index (χ1v) is 12.1. The van der Waals surface area contributed by atoms with Gasteiger partial charge in [0, 0.05) is 42.5 Å². The number of carbonyl (C=O) groups is 1. The molecule has 192 valence electrons. The largest absolute Gasteiger partial charge is 0.573 e. The van der Waals surface area contributed by atoms with E-state index in [1.165, 1.54) is 6.07 Å². The average molecular weight is 504 g/mol. The molecule has 0 unspecified atom stereocenters. The standard InChI is InChI=1S/C25H28F3N5O3/c26-25(27,28)36-17-5-6-18(20(29)11-17)24(35)33-9-7-14(8-10-33)19-12-30-23-22(19)32-21(13-31-23)15-1-3-16(34)4-2-15/h5-6,11-16,34H,1-4,7-10,29H2,(H,30,31). The molecular formula is C25H28F3N5O3. The molecule has 8 nitrogen and oxygen atoms in total. The highest BCUT2D eigenvalue weighted by Crippen LogP contribution is 2.36. The molecule has 1 saturated carbocycles. The van der Waals surface area contributed by atoms with E-state index < -0.39 is 12.1 Å². The number of fused-ring (bicyclic) bond motifs is 1. The number of hydrogen-bond donors (Lipinski definition) is 3. The zero-order valence-corrected chi connectivity index (χ0v) is 19.6. The number of aliphatic hydroxyl groups is 1. The summed E-state index contributed by atoms with van der Waals surface area (Å²) in [4.78, 5) is 27.4. The zero-order chi connectivity index (χ0) is 25.4. The lowest BCUT2D eigenvalue weighted by Crippen LogP contribution is -2.38. The fraction of sp³-hybridized carbons (Fsp3) is 0.480. The fourth-order valence-electron chi connectivity index (χ4n) is 5.30. The smallest absolute Gasteiger partial charge is 0.406 e. The first-order chi connectivity index (χ1) is 17.2. The van der Waals surface area contributed by atoms with E-state index in [2.05, 4.69) is 14.7 Å². The van der Waals surface area contributed by atoms with Gasteiger partial charge in [0.2, 0.25) is 0 Å². The molecule has 2 aliphatic rings. The second kappa shape index (κ2) is 9.61. The molecule has 2 fully saturated rings. The Balaban J connectivity index is 1.26. The summed E-state index contributed by atoms with van der Waals surface area (Å²) in [6, 6.07) is 3.38. The van der Waals surface area contributed by atoms with Crippen LogP contribution in [0.25, 0.3) is 11.2 Å². The number of nitrogens with two attached hydrogens (primary N) is 1. The number of nitrogen functional groups attached to an aromatic ring is 1.